The molecule has 152 valence electrons. The van der Waals surface area contributed by atoms with Gasteiger partial charge in [0.15, 0.2) is 0 Å². The number of carbonyl (C=O) groups excluding carboxylic acids is 2. The molecule has 2 amide bonds. The molecule has 27 heavy (non-hydrogen) atoms. The smallest absolute Gasteiger partial charge is 0.242 e. The highest BCUT2D eigenvalue weighted by molar-refractivity contribution is 5.87. The number of benzene rings is 1. The van der Waals surface area contributed by atoms with Crippen molar-refractivity contribution in [3.8, 4) is 5.75 Å². The predicted octanol–water partition coefficient (Wildman–Crippen LogP) is 3.14. The van der Waals surface area contributed by atoms with E-state index in [9.17, 15) is 9.59 Å². The molecule has 1 rings (SSSR count). The van der Waals surface area contributed by atoms with E-state index in [0.717, 1.165) is 24.2 Å². The Bertz CT molecular complexity index is 572. The number of hydrogen-bond donors (Lipinski definition) is 1. The van der Waals surface area contributed by atoms with Crippen LogP contribution in [0.4, 0.5) is 0 Å². The van der Waals surface area contributed by atoms with Crippen molar-refractivity contribution in [2.24, 2.45) is 0 Å². The van der Waals surface area contributed by atoms with Gasteiger partial charge in [0.05, 0.1) is 13.2 Å². The zero-order chi connectivity index (χ0) is 20.2. The Kier molecular flexibility index (Phi) is 10.5. The van der Waals surface area contributed by atoms with Crippen molar-refractivity contribution in [1.29, 1.82) is 0 Å². The van der Waals surface area contributed by atoms with Crippen LogP contribution in [0, 0.1) is 0 Å². The molecule has 6 nitrogen and oxygen atoms in total. The molecule has 6 heteroatoms. The molecular formula is C21H34N2O4. The molecule has 0 aromatic heterocycles. The minimum absolute atomic E-state index is 0.0147. The van der Waals surface area contributed by atoms with Crippen LogP contribution in [0.5, 0.6) is 5.75 Å². The van der Waals surface area contributed by atoms with E-state index in [1.807, 2.05) is 45.0 Å². The van der Waals surface area contributed by atoms with Crippen LogP contribution >= 0.6 is 0 Å². The average molecular weight is 379 g/mol. The molecule has 0 saturated heterocycles. The fourth-order valence-corrected chi connectivity index (χ4v) is 2.62. The van der Waals surface area contributed by atoms with Crippen molar-refractivity contribution in [1.82, 2.24) is 10.2 Å². The van der Waals surface area contributed by atoms with Gasteiger partial charge in [0.1, 0.15) is 11.8 Å². The highest BCUT2D eigenvalue weighted by Crippen LogP contribution is 2.15. The van der Waals surface area contributed by atoms with E-state index < -0.39 is 6.04 Å². The zero-order valence-electron chi connectivity index (χ0n) is 17.3. The van der Waals surface area contributed by atoms with Gasteiger partial charge in [-0.2, -0.15) is 0 Å². The first kappa shape index (κ1) is 23.0. The SMILES string of the molecule is CCCC(=O)N(Cc1ccc(OC)cc1)[C@H](C)C(=O)NCCCOC(C)C. The van der Waals surface area contributed by atoms with Gasteiger partial charge in [0, 0.05) is 26.1 Å². The van der Waals surface area contributed by atoms with E-state index in [1.54, 1.807) is 18.9 Å². The number of amides is 2. The molecule has 0 heterocycles. The monoisotopic (exact) mass is 378 g/mol. The van der Waals surface area contributed by atoms with Crippen molar-refractivity contribution in [2.75, 3.05) is 20.3 Å². The van der Waals surface area contributed by atoms with E-state index in [4.69, 9.17) is 9.47 Å². The van der Waals surface area contributed by atoms with Gasteiger partial charge >= 0.3 is 0 Å². The summed E-state index contributed by atoms with van der Waals surface area (Å²) >= 11 is 0. The second-order valence-electron chi connectivity index (χ2n) is 6.86. The van der Waals surface area contributed by atoms with Gasteiger partial charge in [-0.15, -0.1) is 0 Å². The van der Waals surface area contributed by atoms with Crippen molar-refractivity contribution in [3.63, 3.8) is 0 Å². The summed E-state index contributed by atoms with van der Waals surface area (Å²) in [5.74, 6) is 0.608. The first-order valence-electron chi connectivity index (χ1n) is 9.70. The quantitative estimate of drug-likeness (QED) is 0.568. The lowest BCUT2D eigenvalue weighted by Crippen LogP contribution is -2.47. The van der Waals surface area contributed by atoms with Crippen LogP contribution in [0.2, 0.25) is 0 Å². The van der Waals surface area contributed by atoms with Crippen LogP contribution in [0.15, 0.2) is 24.3 Å². The van der Waals surface area contributed by atoms with Crippen LogP contribution in [-0.4, -0.2) is 49.1 Å². The van der Waals surface area contributed by atoms with Crippen molar-refractivity contribution < 1.29 is 19.1 Å². The van der Waals surface area contributed by atoms with Crippen molar-refractivity contribution >= 4 is 11.8 Å². The first-order valence-corrected chi connectivity index (χ1v) is 9.70. The minimum atomic E-state index is -0.530. The molecule has 1 aromatic carbocycles. The van der Waals surface area contributed by atoms with Crippen molar-refractivity contribution in [2.45, 2.75) is 65.6 Å². The lowest BCUT2D eigenvalue weighted by Gasteiger charge is -2.29. The summed E-state index contributed by atoms with van der Waals surface area (Å²) in [6.45, 7) is 9.24. The fourth-order valence-electron chi connectivity index (χ4n) is 2.62. The molecule has 0 radical (unpaired) electrons. The lowest BCUT2D eigenvalue weighted by atomic mass is 10.1. The summed E-state index contributed by atoms with van der Waals surface area (Å²) in [7, 11) is 1.62. The fraction of sp³-hybridized carbons (Fsp3) is 0.619. The minimum Gasteiger partial charge on any atom is -0.497 e. The van der Waals surface area contributed by atoms with Crippen LogP contribution in [0.1, 0.15) is 52.5 Å². The van der Waals surface area contributed by atoms with Crippen LogP contribution in [-0.2, 0) is 20.9 Å². The standard InChI is InChI=1S/C21H34N2O4/c1-6-8-20(24)23(15-18-9-11-19(26-5)12-10-18)17(4)21(25)22-13-7-14-27-16(2)3/h9-12,16-17H,6-8,13-15H2,1-5H3,(H,22,25)/t17-/m1/s1. The summed E-state index contributed by atoms with van der Waals surface area (Å²) < 4.78 is 10.6. The number of carbonyl (C=O) groups is 2. The largest absolute Gasteiger partial charge is 0.497 e. The molecule has 0 unspecified atom stereocenters. The molecule has 1 aromatic rings. The number of methoxy groups -OCH3 is 1. The van der Waals surface area contributed by atoms with Crippen LogP contribution < -0.4 is 10.1 Å². The first-order chi connectivity index (χ1) is 12.9. The van der Waals surface area contributed by atoms with E-state index in [-0.39, 0.29) is 17.9 Å². The van der Waals surface area contributed by atoms with Gasteiger partial charge in [-0.05, 0) is 51.3 Å². The van der Waals surface area contributed by atoms with Gasteiger partial charge in [-0.3, -0.25) is 9.59 Å². The third kappa shape index (κ3) is 8.43. The molecule has 0 aliphatic heterocycles. The van der Waals surface area contributed by atoms with E-state index in [0.29, 0.717) is 26.1 Å². The average Bonchev–Trinajstić information content (AvgIpc) is 2.65. The van der Waals surface area contributed by atoms with Gasteiger partial charge in [-0.1, -0.05) is 19.1 Å². The molecule has 0 fully saturated rings. The van der Waals surface area contributed by atoms with Gasteiger partial charge in [0.2, 0.25) is 11.8 Å². The molecule has 0 aliphatic rings. The van der Waals surface area contributed by atoms with Gasteiger partial charge in [-0.25, -0.2) is 0 Å². The second-order valence-corrected chi connectivity index (χ2v) is 6.86. The van der Waals surface area contributed by atoms with E-state index in [2.05, 4.69) is 5.32 Å². The molecule has 0 spiro atoms. The summed E-state index contributed by atoms with van der Waals surface area (Å²) in [6, 6.07) is 7.02. The Morgan fingerprint density at radius 3 is 2.37 bits per heavy atom. The highest BCUT2D eigenvalue weighted by atomic mass is 16.5. The van der Waals surface area contributed by atoms with Gasteiger partial charge in [0.25, 0.3) is 0 Å². The summed E-state index contributed by atoms with van der Waals surface area (Å²) in [5, 5.41) is 2.90. The third-order valence-corrected chi connectivity index (χ3v) is 4.21. The number of nitrogens with one attached hydrogen (secondary N) is 1. The number of hydrogen-bond acceptors (Lipinski definition) is 4. The van der Waals surface area contributed by atoms with E-state index in [1.165, 1.54) is 0 Å². The Balaban J connectivity index is 2.67. The Morgan fingerprint density at radius 2 is 1.81 bits per heavy atom. The van der Waals surface area contributed by atoms with Gasteiger partial charge < -0.3 is 19.7 Å². The maximum absolute atomic E-state index is 12.6. The van der Waals surface area contributed by atoms with Crippen molar-refractivity contribution in [3.05, 3.63) is 29.8 Å². The van der Waals surface area contributed by atoms with E-state index >= 15 is 0 Å². The topological polar surface area (TPSA) is 67.9 Å². The summed E-state index contributed by atoms with van der Waals surface area (Å²) in [4.78, 5) is 26.7. The molecule has 0 saturated carbocycles. The normalized spacial score (nSPS) is 11.9. The molecular weight excluding hydrogens is 344 g/mol. The third-order valence-electron chi connectivity index (χ3n) is 4.21. The summed E-state index contributed by atoms with van der Waals surface area (Å²) in [6.07, 6.45) is 2.11. The Morgan fingerprint density at radius 1 is 1.15 bits per heavy atom. The number of rotatable bonds is 12. The Labute approximate surface area is 163 Å². The lowest BCUT2D eigenvalue weighted by molar-refractivity contribution is -0.140. The maximum Gasteiger partial charge on any atom is 0.242 e. The predicted molar refractivity (Wildman–Crippen MR) is 107 cm³/mol. The summed E-state index contributed by atoms with van der Waals surface area (Å²) in [5.41, 5.74) is 0.963. The highest BCUT2D eigenvalue weighted by Gasteiger charge is 2.25. The zero-order valence-corrected chi connectivity index (χ0v) is 17.3. The molecule has 1 N–H and O–H groups in total. The molecule has 0 bridgehead atoms. The Hall–Kier alpha value is -2.08. The number of ether oxygens (including phenoxy) is 2. The van der Waals surface area contributed by atoms with Crippen LogP contribution in [0.3, 0.4) is 0 Å². The molecule has 0 aliphatic carbocycles. The number of nitrogens with zero attached hydrogens (tertiary/aromatic N) is 1. The molecule has 1 atom stereocenters. The second kappa shape index (κ2) is 12.3. The maximum atomic E-state index is 12.6. The van der Waals surface area contributed by atoms with Crippen LogP contribution in [0.25, 0.3) is 0 Å².